The zero-order valence-electron chi connectivity index (χ0n) is 18.6. The van der Waals surface area contributed by atoms with Crippen LogP contribution >= 0.6 is 34.7 Å². The fourth-order valence-electron chi connectivity index (χ4n) is 3.02. The summed E-state index contributed by atoms with van der Waals surface area (Å²) in [6.45, 7) is 4.41. The normalized spacial score (nSPS) is 19.9. The number of nitrogens with zero attached hydrogens (tertiary/aromatic N) is 3. The van der Waals surface area contributed by atoms with Gasteiger partial charge in [-0.3, -0.25) is 19.3 Å². The lowest BCUT2D eigenvalue weighted by molar-refractivity contribution is -0.160. The number of oxime groups is 1. The van der Waals surface area contributed by atoms with Gasteiger partial charge < -0.3 is 25.3 Å². The van der Waals surface area contributed by atoms with E-state index >= 15 is 0 Å². The number of rotatable bonds is 9. The van der Waals surface area contributed by atoms with Crippen LogP contribution in [0.2, 0.25) is 0 Å². The molecule has 1 saturated heterocycles. The Morgan fingerprint density at radius 3 is 2.74 bits per heavy atom. The molecule has 2 atom stereocenters. The van der Waals surface area contributed by atoms with E-state index in [1.165, 1.54) is 17.1 Å². The molecule has 0 bridgehead atoms. The van der Waals surface area contributed by atoms with Crippen LogP contribution in [0, 0.1) is 0 Å². The molecule has 2 aliphatic rings. The molecule has 0 saturated carbocycles. The second-order valence-corrected chi connectivity index (χ2v) is 10.4. The molecule has 0 radical (unpaired) electrons. The summed E-state index contributed by atoms with van der Waals surface area (Å²) in [5.41, 5.74) is -1.45. The number of anilines is 1. The van der Waals surface area contributed by atoms with Gasteiger partial charge in [0.25, 0.3) is 11.8 Å². The highest BCUT2D eigenvalue weighted by Gasteiger charge is 2.54. The van der Waals surface area contributed by atoms with Crippen LogP contribution in [0.15, 0.2) is 21.3 Å². The number of nitrogens with one attached hydrogen (secondary N) is 2. The number of thioether (sulfide) groups is 1. The number of esters is 1. The first-order valence-corrected chi connectivity index (χ1v) is 12.2. The quantitative estimate of drug-likeness (QED) is 0.132. The molecule has 3 rings (SSSR count). The van der Waals surface area contributed by atoms with Gasteiger partial charge >= 0.3 is 11.9 Å². The number of carboxylic acid groups (broad SMARTS) is 1. The third kappa shape index (κ3) is 6.10. The number of hydrogen-bond acceptors (Lipinski definition) is 11. The molecule has 1 aromatic rings. The summed E-state index contributed by atoms with van der Waals surface area (Å²) >= 11 is 8.14. The van der Waals surface area contributed by atoms with Gasteiger partial charge in [-0.15, -0.1) is 23.1 Å². The lowest BCUT2D eigenvalue weighted by Gasteiger charge is -2.48. The van der Waals surface area contributed by atoms with Crippen molar-refractivity contribution >= 4 is 75.7 Å². The minimum Gasteiger partial charge on any atom is -0.477 e. The van der Waals surface area contributed by atoms with Crippen LogP contribution in [0.25, 0.3) is 0 Å². The van der Waals surface area contributed by atoms with E-state index < -0.39 is 47.4 Å². The van der Waals surface area contributed by atoms with E-state index in [1.54, 1.807) is 20.8 Å². The number of carbonyl (C=O) groups is 5. The van der Waals surface area contributed by atoms with E-state index in [9.17, 15) is 29.1 Å². The van der Waals surface area contributed by atoms with Crippen molar-refractivity contribution in [1.82, 2.24) is 15.2 Å². The number of amides is 3. The molecule has 35 heavy (non-hydrogen) atoms. The Hall–Kier alpha value is -3.17. The largest absolute Gasteiger partial charge is 0.477 e. The number of halogens is 1. The molecular weight excluding hydrogens is 526 g/mol. The van der Waals surface area contributed by atoms with Crippen LogP contribution in [-0.2, 0) is 33.5 Å². The summed E-state index contributed by atoms with van der Waals surface area (Å²) in [6.07, 6.45) is 0.402. The van der Waals surface area contributed by atoms with Gasteiger partial charge in [0.2, 0.25) is 13.0 Å². The lowest BCUT2D eigenvalue weighted by atomic mass is 10.0. The van der Waals surface area contributed by atoms with Crippen molar-refractivity contribution in [2.24, 2.45) is 5.16 Å². The monoisotopic (exact) mass is 545 g/mol. The van der Waals surface area contributed by atoms with Gasteiger partial charge in [0, 0.05) is 11.1 Å². The number of fused-ring (bicyclic) bond motifs is 1. The van der Waals surface area contributed by atoms with Crippen LogP contribution in [0.3, 0.4) is 0 Å². The molecule has 3 heterocycles. The predicted octanol–water partition coefficient (Wildman–Crippen LogP) is 0.709. The smallest absolute Gasteiger partial charge is 0.353 e. The minimum absolute atomic E-state index is 0.00938. The Bertz CT molecular complexity index is 1130. The van der Waals surface area contributed by atoms with Gasteiger partial charge in [-0.25, -0.2) is 14.6 Å². The second kappa shape index (κ2) is 10.6. The third-order valence-electron chi connectivity index (χ3n) is 4.31. The van der Waals surface area contributed by atoms with Gasteiger partial charge in [0.15, 0.2) is 10.8 Å². The average Bonchev–Trinajstić information content (AvgIpc) is 3.21. The number of aromatic nitrogens is 1. The van der Waals surface area contributed by atoms with E-state index in [0.29, 0.717) is 6.41 Å². The summed E-state index contributed by atoms with van der Waals surface area (Å²) in [5, 5.41) is 18.8. The first kappa shape index (κ1) is 26.4. The number of ether oxygens (including phenoxy) is 1. The highest BCUT2D eigenvalue weighted by Crippen LogP contribution is 2.41. The van der Waals surface area contributed by atoms with Crippen molar-refractivity contribution in [3.8, 4) is 0 Å². The van der Waals surface area contributed by atoms with Gasteiger partial charge in [-0.1, -0.05) is 16.8 Å². The number of thiazole rings is 1. The molecule has 1 fully saturated rings. The van der Waals surface area contributed by atoms with Gasteiger partial charge in [0.05, 0.1) is 5.03 Å². The lowest BCUT2D eigenvalue weighted by Crippen LogP contribution is -2.71. The van der Waals surface area contributed by atoms with E-state index in [1.807, 2.05) is 0 Å². The second-order valence-electron chi connectivity index (χ2n) is 8.02. The van der Waals surface area contributed by atoms with Crippen molar-refractivity contribution in [2.75, 3.05) is 17.7 Å². The highest BCUT2D eigenvalue weighted by molar-refractivity contribution is 8.00. The zero-order valence-corrected chi connectivity index (χ0v) is 21.0. The fourth-order valence-corrected chi connectivity index (χ4v) is 5.22. The molecule has 1 aromatic heterocycles. The number of hydrogen-bond donors (Lipinski definition) is 3. The maximum absolute atomic E-state index is 13.0. The molecule has 3 amide bonds. The number of carboxylic acids is 1. The maximum Gasteiger partial charge on any atom is 0.353 e. The molecule has 3 N–H and O–H groups in total. The summed E-state index contributed by atoms with van der Waals surface area (Å²) in [4.78, 5) is 69.8. The molecule has 16 heteroatoms. The SMILES string of the molecule is CC(C)(C)OC(=O)CON=C(C(=O)NC1C(=O)N2C(C(=O)O)=C(Cl)CS[C@H]12)c1csc(NC=O)n1. The minimum atomic E-state index is -1.35. The summed E-state index contributed by atoms with van der Waals surface area (Å²) in [5.74, 6) is -3.46. The van der Waals surface area contributed by atoms with Crippen LogP contribution < -0.4 is 10.6 Å². The molecule has 1 unspecified atom stereocenters. The first-order valence-electron chi connectivity index (χ1n) is 9.88. The van der Waals surface area contributed by atoms with Gasteiger partial charge in [-0.2, -0.15) is 0 Å². The Morgan fingerprint density at radius 1 is 1.40 bits per heavy atom. The maximum atomic E-state index is 13.0. The van der Waals surface area contributed by atoms with Crippen LogP contribution in [0.5, 0.6) is 0 Å². The zero-order chi connectivity index (χ0) is 25.9. The molecule has 188 valence electrons. The molecule has 13 nitrogen and oxygen atoms in total. The summed E-state index contributed by atoms with van der Waals surface area (Å²) in [7, 11) is 0. The Kier molecular flexibility index (Phi) is 8.02. The summed E-state index contributed by atoms with van der Waals surface area (Å²) < 4.78 is 5.11. The van der Waals surface area contributed by atoms with Crippen molar-refractivity contribution in [3.63, 3.8) is 0 Å². The Balaban J connectivity index is 1.77. The third-order valence-corrected chi connectivity index (χ3v) is 6.84. The summed E-state index contributed by atoms with van der Waals surface area (Å²) in [6, 6.07) is -1.06. The Morgan fingerprint density at radius 2 is 2.11 bits per heavy atom. The topological polar surface area (TPSA) is 177 Å². The van der Waals surface area contributed by atoms with Gasteiger partial charge in [0.1, 0.15) is 28.4 Å². The predicted molar refractivity (Wildman–Crippen MR) is 126 cm³/mol. The van der Waals surface area contributed by atoms with Crippen molar-refractivity contribution in [3.05, 3.63) is 21.8 Å². The highest BCUT2D eigenvalue weighted by atomic mass is 35.5. The van der Waals surface area contributed by atoms with Crippen molar-refractivity contribution in [1.29, 1.82) is 0 Å². The van der Waals surface area contributed by atoms with E-state index in [4.69, 9.17) is 21.2 Å². The number of aliphatic carboxylic acids is 1. The van der Waals surface area contributed by atoms with Crippen LogP contribution in [0.1, 0.15) is 26.5 Å². The Labute approximate surface area is 211 Å². The van der Waals surface area contributed by atoms with E-state index in [2.05, 4.69) is 20.8 Å². The standard InChI is InChI=1S/C19H20ClN5O8S2/c1-19(2,3)33-10(27)4-32-24-11(9-6-35-18(22-9)21-7-26)14(28)23-12-15(29)25-13(17(30)31)8(20)5-34-16(12)25/h6-7,12,16H,4-5H2,1-3H3,(H,23,28)(H,30,31)(H,21,22,26)/t12?,16-/m1/s1. The average molecular weight is 546 g/mol. The fraction of sp³-hybridized carbons (Fsp3) is 0.421. The van der Waals surface area contributed by atoms with Crippen molar-refractivity contribution in [2.45, 2.75) is 37.8 Å². The van der Waals surface area contributed by atoms with Crippen LogP contribution in [-0.4, -0.2) is 80.2 Å². The van der Waals surface area contributed by atoms with Gasteiger partial charge in [-0.05, 0) is 20.8 Å². The van der Waals surface area contributed by atoms with Crippen LogP contribution in [0.4, 0.5) is 5.13 Å². The molecule has 2 aliphatic heterocycles. The molecule has 0 aliphatic carbocycles. The van der Waals surface area contributed by atoms with Crippen molar-refractivity contribution < 1.29 is 38.7 Å². The molecular formula is C19H20ClN5O8S2. The number of β-lactam (4-membered cyclic amide) rings is 1. The van der Waals surface area contributed by atoms with E-state index in [-0.39, 0.29) is 33.0 Å². The van der Waals surface area contributed by atoms with E-state index in [0.717, 1.165) is 16.2 Å². The molecule has 0 spiro atoms. The number of carbonyl (C=O) groups excluding carboxylic acids is 4. The molecule has 0 aromatic carbocycles. The first-order chi connectivity index (χ1) is 16.4.